The summed E-state index contributed by atoms with van der Waals surface area (Å²) in [6.45, 7) is 0. The highest BCUT2D eigenvalue weighted by Crippen LogP contribution is 1.92. The normalized spacial score (nSPS) is 15.8. The molecule has 0 saturated heterocycles. The van der Waals surface area contributed by atoms with E-state index in [1.807, 2.05) is 0 Å². The Morgan fingerprint density at radius 2 is 2.27 bits per heavy atom. The third-order valence-electron chi connectivity index (χ3n) is 1.34. The van der Waals surface area contributed by atoms with Crippen molar-refractivity contribution in [2.45, 2.75) is 12.5 Å². The lowest BCUT2D eigenvalue weighted by molar-refractivity contribution is -0.139. The molecule has 0 rings (SSSR count). The Bertz CT molecular complexity index is 160. The van der Waals surface area contributed by atoms with Gasteiger partial charge in [-0.3, -0.25) is 9.00 Å². The monoisotopic (exact) mass is 179 g/mol. The van der Waals surface area contributed by atoms with Crippen molar-refractivity contribution in [3.63, 3.8) is 0 Å². The Hall–Kier alpha value is -0.420. The summed E-state index contributed by atoms with van der Waals surface area (Å²) in [6, 6.07) is -0.570. The van der Waals surface area contributed by atoms with Gasteiger partial charge in [-0.2, -0.15) is 0 Å². The molecule has 0 aromatic heterocycles. The summed E-state index contributed by atoms with van der Waals surface area (Å²) in [5.74, 6) is -0.462. The third-order valence-corrected chi connectivity index (χ3v) is 2.15. The minimum atomic E-state index is -0.908. The molecular formula is C6H13NO3S. The highest BCUT2D eigenvalue weighted by molar-refractivity contribution is 7.84. The van der Waals surface area contributed by atoms with Crippen LogP contribution in [0, 0.1) is 0 Å². The molecule has 4 nitrogen and oxygen atoms in total. The van der Waals surface area contributed by atoms with Crippen LogP contribution in [-0.4, -0.2) is 40.4 Å². The Balaban J connectivity index is 3.70. The van der Waals surface area contributed by atoms with Crippen molar-refractivity contribution in [3.05, 3.63) is 0 Å². The maximum atomic E-state index is 10.6. The summed E-state index contributed by atoms with van der Waals surface area (Å²) in [4.78, 5) is 10.4. The maximum Gasteiger partial charge on any atom is 0.320 e. The minimum Gasteiger partial charge on any atom is -0.480 e. The molecule has 0 aliphatic carbocycles. The highest BCUT2D eigenvalue weighted by Gasteiger charge is 2.14. The predicted octanol–water partition coefficient (Wildman–Crippen LogP) is -0.572. The second-order valence-electron chi connectivity index (χ2n) is 2.25. The fourth-order valence-electron chi connectivity index (χ4n) is 0.675. The van der Waals surface area contributed by atoms with Gasteiger partial charge in [0.1, 0.15) is 6.04 Å². The zero-order valence-electron chi connectivity index (χ0n) is 6.66. The molecule has 0 spiro atoms. The number of nitrogens with one attached hydrogen (secondary N) is 1. The molecule has 66 valence electrons. The topological polar surface area (TPSA) is 66.4 Å². The van der Waals surface area contributed by atoms with Crippen LogP contribution < -0.4 is 5.32 Å². The van der Waals surface area contributed by atoms with Crippen LogP contribution in [0.25, 0.3) is 0 Å². The van der Waals surface area contributed by atoms with Crippen LogP contribution in [0.4, 0.5) is 0 Å². The van der Waals surface area contributed by atoms with Crippen LogP contribution in [0.2, 0.25) is 0 Å². The molecule has 2 N–H and O–H groups in total. The second-order valence-corrected chi connectivity index (χ2v) is 3.80. The van der Waals surface area contributed by atoms with Crippen molar-refractivity contribution in [2.75, 3.05) is 19.1 Å². The second kappa shape index (κ2) is 5.26. The van der Waals surface area contributed by atoms with Gasteiger partial charge in [-0.1, -0.05) is 0 Å². The molecule has 0 fully saturated rings. The molecule has 0 saturated carbocycles. The van der Waals surface area contributed by atoms with Gasteiger partial charge in [0.05, 0.1) is 0 Å². The van der Waals surface area contributed by atoms with E-state index in [-0.39, 0.29) is 0 Å². The van der Waals surface area contributed by atoms with E-state index in [4.69, 9.17) is 5.11 Å². The van der Waals surface area contributed by atoms with Crippen LogP contribution in [0.1, 0.15) is 6.42 Å². The number of carbonyl (C=O) groups is 1. The van der Waals surface area contributed by atoms with Crippen molar-refractivity contribution in [1.82, 2.24) is 5.32 Å². The minimum absolute atomic E-state index is 0.412. The molecular weight excluding hydrogens is 166 g/mol. The van der Waals surface area contributed by atoms with Gasteiger partial charge in [0.15, 0.2) is 0 Å². The van der Waals surface area contributed by atoms with E-state index < -0.39 is 22.8 Å². The van der Waals surface area contributed by atoms with Crippen molar-refractivity contribution in [3.8, 4) is 0 Å². The molecule has 0 aliphatic heterocycles. The standard InChI is InChI=1S/C6H13NO3S/c1-7-5(6(8)9)3-4-11(2)10/h5,7H,3-4H2,1-2H3,(H,8,9)/t5-,11?/m0/s1. The zero-order chi connectivity index (χ0) is 8.85. The van der Waals surface area contributed by atoms with Crippen LogP contribution in [0.15, 0.2) is 0 Å². The Labute approximate surface area is 68.4 Å². The highest BCUT2D eigenvalue weighted by atomic mass is 32.2. The maximum absolute atomic E-state index is 10.6. The lowest BCUT2D eigenvalue weighted by Gasteiger charge is -2.08. The first-order valence-corrected chi connectivity index (χ1v) is 5.00. The van der Waals surface area contributed by atoms with E-state index >= 15 is 0 Å². The van der Waals surface area contributed by atoms with Crippen LogP contribution >= 0.6 is 0 Å². The number of aliphatic carboxylic acids is 1. The largest absolute Gasteiger partial charge is 0.480 e. The van der Waals surface area contributed by atoms with Gasteiger partial charge in [-0.05, 0) is 13.5 Å². The van der Waals surface area contributed by atoms with Crippen LogP contribution in [0.3, 0.4) is 0 Å². The zero-order valence-corrected chi connectivity index (χ0v) is 7.48. The first-order valence-electron chi connectivity index (χ1n) is 3.28. The molecule has 0 amide bonds. The summed E-state index contributed by atoms with van der Waals surface area (Å²) in [6.07, 6.45) is 1.98. The van der Waals surface area contributed by atoms with Gasteiger partial charge in [0, 0.05) is 22.8 Å². The van der Waals surface area contributed by atoms with E-state index in [1.54, 1.807) is 13.3 Å². The summed E-state index contributed by atoms with van der Waals surface area (Å²) < 4.78 is 10.6. The van der Waals surface area contributed by atoms with Gasteiger partial charge >= 0.3 is 5.97 Å². The Kier molecular flexibility index (Phi) is 5.06. The molecule has 11 heavy (non-hydrogen) atoms. The number of carboxylic acids is 1. The fourth-order valence-corrected chi connectivity index (χ4v) is 1.24. The van der Waals surface area contributed by atoms with E-state index in [1.165, 1.54) is 0 Å². The number of likely N-dealkylation sites (N-methyl/N-ethyl adjacent to an activating group) is 1. The first-order chi connectivity index (χ1) is 5.07. The molecule has 0 aromatic carbocycles. The first kappa shape index (κ1) is 10.6. The van der Waals surface area contributed by atoms with Crippen molar-refractivity contribution in [2.24, 2.45) is 0 Å². The summed E-state index contributed by atoms with van der Waals surface area (Å²) >= 11 is 0. The Morgan fingerprint density at radius 3 is 2.55 bits per heavy atom. The molecule has 0 aliphatic rings. The van der Waals surface area contributed by atoms with Gasteiger partial charge in [-0.25, -0.2) is 0 Å². The average Bonchev–Trinajstić information content (AvgIpc) is 1.87. The summed E-state index contributed by atoms with van der Waals surface area (Å²) in [5, 5.41) is 11.1. The lowest BCUT2D eigenvalue weighted by atomic mass is 10.2. The van der Waals surface area contributed by atoms with Crippen LogP contribution in [-0.2, 0) is 15.6 Å². The molecule has 2 atom stereocenters. The van der Waals surface area contributed by atoms with Crippen molar-refractivity contribution < 1.29 is 14.1 Å². The SMILES string of the molecule is CN[C@@H](CCS(C)=O)C(=O)O. The molecule has 0 bridgehead atoms. The number of hydrogen-bond donors (Lipinski definition) is 2. The average molecular weight is 179 g/mol. The molecule has 0 radical (unpaired) electrons. The van der Waals surface area contributed by atoms with E-state index in [0.29, 0.717) is 12.2 Å². The molecule has 0 aromatic rings. The predicted molar refractivity (Wildman–Crippen MR) is 44.0 cm³/mol. The summed E-state index contributed by atoms with van der Waals surface area (Å²) in [5.41, 5.74) is 0. The van der Waals surface area contributed by atoms with E-state index in [9.17, 15) is 9.00 Å². The van der Waals surface area contributed by atoms with E-state index in [0.717, 1.165) is 0 Å². The number of hydrogen-bond acceptors (Lipinski definition) is 3. The van der Waals surface area contributed by atoms with E-state index in [2.05, 4.69) is 5.32 Å². The van der Waals surface area contributed by atoms with Gasteiger partial charge in [0.25, 0.3) is 0 Å². The fraction of sp³-hybridized carbons (Fsp3) is 0.833. The van der Waals surface area contributed by atoms with Crippen molar-refractivity contribution >= 4 is 16.8 Å². The molecule has 1 unspecified atom stereocenters. The number of rotatable bonds is 5. The van der Waals surface area contributed by atoms with Gasteiger partial charge in [-0.15, -0.1) is 0 Å². The molecule has 0 heterocycles. The quantitative estimate of drug-likeness (QED) is 0.593. The Morgan fingerprint density at radius 1 is 1.73 bits per heavy atom. The molecule has 5 heteroatoms. The van der Waals surface area contributed by atoms with Crippen molar-refractivity contribution in [1.29, 1.82) is 0 Å². The smallest absolute Gasteiger partial charge is 0.320 e. The van der Waals surface area contributed by atoms with Gasteiger partial charge in [0.2, 0.25) is 0 Å². The lowest BCUT2D eigenvalue weighted by Crippen LogP contribution is -2.34. The van der Waals surface area contributed by atoms with Gasteiger partial charge < -0.3 is 10.4 Å². The van der Waals surface area contributed by atoms with Crippen LogP contribution in [0.5, 0.6) is 0 Å². The number of carboxylic acid groups (broad SMARTS) is 1. The summed E-state index contributed by atoms with van der Waals surface area (Å²) in [7, 11) is 0.673. The third kappa shape index (κ3) is 4.92.